The van der Waals surface area contributed by atoms with Crippen LogP contribution in [0.3, 0.4) is 0 Å². The third-order valence-corrected chi connectivity index (χ3v) is 16.8. The molecule has 0 N–H and O–H groups in total. The Labute approximate surface area is 395 Å². The van der Waals surface area contributed by atoms with Crippen molar-refractivity contribution in [1.82, 2.24) is 4.57 Å². The number of hydrogen-bond donors (Lipinski definition) is 0. The maximum Gasteiger partial charge on any atom is 0.0588 e. The zero-order chi connectivity index (χ0) is 44.8. The lowest BCUT2D eigenvalue weighted by Gasteiger charge is -2.30. The molecule has 0 amide bonds. The number of aryl methyl sites for hydroxylation is 1. The third-order valence-electron chi connectivity index (χ3n) is 15.6. The van der Waals surface area contributed by atoms with Gasteiger partial charge in [0.25, 0.3) is 0 Å². The molecule has 0 fully saturated rings. The summed E-state index contributed by atoms with van der Waals surface area (Å²) in [6.45, 7) is 9.66. The van der Waals surface area contributed by atoms with E-state index >= 15 is 0 Å². The number of anilines is 3. The maximum absolute atomic E-state index is 2.55. The van der Waals surface area contributed by atoms with Crippen LogP contribution < -0.4 is 4.90 Å². The summed E-state index contributed by atoms with van der Waals surface area (Å²) in [5, 5.41) is 5.35. The summed E-state index contributed by atoms with van der Waals surface area (Å²) in [4.78, 5) is 2.50. The van der Waals surface area contributed by atoms with Crippen LogP contribution >= 0.6 is 11.3 Å². The number of hydrogen-bond acceptors (Lipinski definition) is 2. The second-order valence-corrected chi connectivity index (χ2v) is 21.0. The Hall–Kier alpha value is -7.46. The van der Waals surface area contributed by atoms with E-state index in [0.717, 1.165) is 29.9 Å². The fourth-order valence-corrected chi connectivity index (χ4v) is 13.7. The summed E-state index contributed by atoms with van der Waals surface area (Å²) in [5.74, 6) is 0. The van der Waals surface area contributed by atoms with Crippen molar-refractivity contribution in [2.75, 3.05) is 4.90 Å². The van der Waals surface area contributed by atoms with E-state index in [0.29, 0.717) is 0 Å². The molecule has 3 aliphatic carbocycles. The average molecular weight is 877 g/mol. The first-order valence-corrected chi connectivity index (χ1v) is 24.6. The average Bonchev–Trinajstić information content (AvgIpc) is 4.05. The molecule has 67 heavy (non-hydrogen) atoms. The first kappa shape index (κ1) is 38.8. The maximum atomic E-state index is 2.55. The van der Waals surface area contributed by atoms with Crippen LogP contribution in [-0.4, -0.2) is 4.57 Å². The molecule has 0 radical (unpaired) electrons. The third kappa shape index (κ3) is 5.44. The molecule has 0 saturated carbocycles. The van der Waals surface area contributed by atoms with Crippen LogP contribution in [0.5, 0.6) is 0 Å². The summed E-state index contributed by atoms with van der Waals surface area (Å²) >= 11 is 1.89. The van der Waals surface area contributed by atoms with Crippen molar-refractivity contribution in [3.63, 3.8) is 0 Å². The van der Waals surface area contributed by atoms with Crippen molar-refractivity contribution < 1.29 is 0 Å². The van der Waals surface area contributed by atoms with Gasteiger partial charge in [0.1, 0.15) is 0 Å². The summed E-state index contributed by atoms with van der Waals surface area (Å²) in [7, 11) is 0. The Kier molecular flexibility index (Phi) is 8.12. The number of fused-ring (bicyclic) bond motifs is 15. The monoisotopic (exact) mass is 876 g/mol. The summed E-state index contributed by atoms with van der Waals surface area (Å²) in [5.41, 5.74) is 23.0. The highest BCUT2D eigenvalue weighted by atomic mass is 32.1. The molecule has 0 unspecified atom stereocenters. The van der Waals surface area contributed by atoms with Gasteiger partial charge in [-0.2, -0.15) is 0 Å². The highest BCUT2D eigenvalue weighted by molar-refractivity contribution is 7.26. The van der Waals surface area contributed by atoms with Crippen molar-refractivity contribution in [1.29, 1.82) is 0 Å². The Morgan fingerprint density at radius 2 is 1.16 bits per heavy atom. The fraction of sp³-hybridized carbons (Fsp3) is 0.125. The Morgan fingerprint density at radius 1 is 0.507 bits per heavy atom. The van der Waals surface area contributed by atoms with Gasteiger partial charge in [0.2, 0.25) is 0 Å². The van der Waals surface area contributed by atoms with Gasteiger partial charge in [-0.3, -0.25) is 0 Å². The summed E-state index contributed by atoms with van der Waals surface area (Å²) < 4.78 is 5.22. The minimum atomic E-state index is -0.295. The van der Waals surface area contributed by atoms with E-state index in [-0.39, 0.29) is 10.8 Å². The van der Waals surface area contributed by atoms with Gasteiger partial charge >= 0.3 is 0 Å². The Bertz CT molecular complexity index is 3910. The molecular weight excluding hydrogens is 829 g/mol. The first-order chi connectivity index (χ1) is 32.8. The number of nitrogens with zero attached hydrogens (tertiary/aromatic N) is 2. The van der Waals surface area contributed by atoms with Crippen LogP contribution in [0.4, 0.5) is 17.1 Å². The van der Waals surface area contributed by atoms with Crippen LogP contribution in [0.1, 0.15) is 67.5 Å². The van der Waals surface area contributed by atoms with E-state index in [4.69, 9.17) is 0 Å². The molecule has 11 aromatic rings. The highest BCUT2D eigenvalue weighted by Crippen LogP contribution is 2.56. The van der Waals surface area contributed by atoms with Crippen molar-refractivity contribution in [3.8, 4) is 39.1 Å². The zero-order valence-electron chi connectivity index (χ0n) is 38.2. The lowest BCUT2D eigenvalue weighted by Crippen LogP contribution is -2.18. The van der Waals surface area contributed by atoms with Gasteiger partial charge in [-0.05, 0) is 140 Å². The molecule has 320 valence electrons. The highest BCUT2D eigenvalue weighted by Gasteiger charge is 2.40. The molecule has 0 atom stereocenters. The quantitative estimate of drug-likeness (QED) is 0.167. The van der Waals surface area contributed by atoms with Gasteiger partial charge in [0.15, 0.2) is 0 Å². The predicted molar refractivity (Wildman–Crippen MR) is 286 cm³/mol. The summed E-state index contributed by atoms with van der Waals surface area (Å²) in [6, 6.07) is 68.8. The molecule has 2 nitrogen and oxygen atoms in total. The van der Waals surface area contributed by atoms with E-state index in [1.807, 2.05) is 11.3 Å². The molecule has 2 aromatic heterocycles. The second-order valence-electron chi connectivity index (χ2n) is 19.9. The van der Waals surface area contributed by atoms with Crippen LogP contribution in [0, 0.1) is 0 Å². The van der Waals surface area contributed by atoms with E-state index in [1.165, 1.54) is 114 Å². The molecule has 3 heteroatoms. The molecule has 0 aliphatic heterocycles. The summed E-state index contributed by atoms with van der Waals surface area (Å²) in [6.07, 6.45) is 6.91. The van der Waals surface area contributed by atoms with Crippen molar-refractivity contribution in [3.05, 3.63) is 221 Å². The van der Waals surface area contributed by atoms with E-state index in [9.17, 15) is 0 Å². The molecule has 9 aromatic carbocycles. The zero-order valence-corrected chi connectivity index (χ0v) is 39.0. The second kappa shape index (κ2) is 14.0. The Balaban J connectivity index is 0.954. The number of para-hydroxylation sites is 1. The van der Waals surface area contributed by atoms with Gasteiger partial charge in [-0.15, -0.1) is 11.3 Å². The number of thiophene rings is 1. The predicted octanol–water partition coefficient (Wildman–Crippen LogP) is 17.9. The topological polar surface area (TPSA) is 8.17 Å². The molecule has 14 rings (SSSR count). The molecule has 2 heterocycles. The van der Waals surface area contributed by atoms with Gasteiger partial charge in [-0.1, -0.05) is 161 Å². The largest absolute Gasteiger partial charge is 0.310 e. The fourth-order valence-electron chi connectivity index (χ4n) is 12.4. The number of rotatable bonds is 5. The van der Waals surface area contributed by atoms with Crippen LogP contribution in [-0.2, 0) is 17.3 Å². The minimum absolute atomic E-state index is 0.125. The SMILES string of the molecule is CC1(C)c2ccccc2-c2ccc(N(c3ccc(-c4cccc5c4sc4ccccc45)cc3)c3ccc4c(c3)C(C)(C)c3c-4ccc4c5c6c(ccc5n(-c5ccccc5)c34)CCC=C6)cc21. The number of aromatic nitrogens is 1. The smallest absolute Gasteiger partial charge is 0.0588 e. The molecular formula is C64H48N2S. The number of benzene rings is 9. The van der Waals surface area contributed by atoms with Crippen LogP contribution in [0.25, 0.3) is 87.1 Å². The van der Waals surface area contributed by atoms with Gasteiger partial charge < -0.3 is 9.47 Å². The van der Waals surface area contributed by atoms with E-state index in [2.05, 4.69) is 231 Å². The van der Waals surface area contributed by atoms with E-state index in [1.54, 1.807) is 0 Å². The van der Waals surface area contributed by atoms with E-state index < -0.39 is 0 Å². The molecule has 3 aliphatic rings. The first-order valence-electron chi connectivity index (χ1n) is 23.8. The lowest BCUT2D eigenvalue weighted by molar-refractivity contribution is 0.660. The van der Waals surface area contributed by atoms with Gasteiger partial charge in [0.05, 0.1) is 11.0 Å². The van der Waals surface area contributed by atoms with Gasteiger partial charge in [0, 0.05) is 64.5 Å². The molecule has 0 saturated heterocycles. The van der Waals surface area contributed by atoms with Crippen molar-refractivity contribution in [2.45, 2.75) is 51.4 Å². The van der Waals surface area contributed by atoms with Gasteiger partial charge in [-0.25, -0.2) is 0 Å². The van der Waals surface area contributed by atoms with Crippen molar-refractivity contribution in [2.24, 2.45) is 0 Å². The van der Waals surface area contributed by atoms with Crippen molar-refractivity contribution >= 4 is 76.5 Å². The minimum Gasteiger partial charge on any atom is -0.310 e. The van der Waals surface area contributed by atoms with Crippen LogP contribution in [0.2, 0.25) is 0 Å². The molecule has 0 spiro atoms. The normalized spacial score (nSPS) is 14.9. The standard InChI is InChI=1S/C64H48N2S/c1-63(2)54-23-12-10-19-47(54)48-32-30-43(37-55(48)63)65(42-28-25-40(26-29-42)46-21-14-22-52-50-20-11-13-24-58(50)67-62(46)52)44-31-33-49-51-34-35-53-59-45-18-9-8-15-39(45)27-36-57(59)66(41-16-6-5-7-17-41)61(53)60(51)64(3,4)56(49)38-44/h5-7,9-14,16-38H,8,15H2,1-4H3. The molecule has 0 bridgehead atoms. The van der Waals surface area contributed by atoms with Crippen LogP contribution in [0.15, 0.2) is 188 Å². The Morgan fingerprint density at radius 3 is 1.99 bits per heavy atom. The number of allylic oxidation sites excluding steroid dienone is 1. The lowest BCUT2D eigenvalue weighted by atomic mass is 9.81.